The second-order valence-electron chi connectivity index (χ2n) is 9.47. The SMILES string of the molecule is O=C(NC1CCCCC1)[C@H](Cc1ccccc1)N(Cc1ccc(Cl)cc1Cl)C(=O)Cc1ccccc1. The Labute approximate surface area is 223 Å². The molecule has 2 amide bonds. The van der Waals surface area contributed by atoms with Gasteiger partial charge in [-0.05, 0) is 41.7 Å². The lowest BCUT2D eigenvalue weighted by molar-refractivity contribution is -0.141. The van der Waals surface area contributed by atoms with Gasteiger partial charge in [0, 0.05) is 29.1 Å². The molecule has 188 valence electrons. The third-order valence-corrected chi connectivity index (χ3v) is 7.36. The molecular weight excluding hydrogens is 491 g/mol. The van der Waals surface area contributed by atoms with E-state index in [0.717, 1.165) is 42.4 Å². The van der Waals surface area contributed by atoms with E-state index in [1.165, 1.54) is 6.42 Å². The Bertz CT molecular complexity index is 1150. The van der Waals surface area contributed by atoms with Crippen LogP contribution in [-0.4, -0.2) is 28.8 Å². The lowest BCUT2D eigenvalue weighted by Gasteiger charge is -2.34. The molecule has 0 saturated heterocycles. The second kappa shape index (κ2) is 12.9. The summed E-state index contributed by atoms with van der Waals surface area (Å²) in [7, 11) is 0. The maximum Gasteiger partial charge on any atom is 0.243 e. The maximum atomic E-state index is 13.8. The summed E-state index contributed by atoms with van der Waals surface area (Å²) in [5, 5.41) is 4.27. The van der Waals surface area contributed by atoms with Crippen LogP contribution in [0.2, 0.25) is 10.0 Å². The topological polar surface area (TPSA) is 49.4 Å². The third kappa shape index (κ3) is 7.35. The molecule has 3 aromatic rings. The number of carbonyl (C=O) groups is 2. The van der Waals surface area contributed by atoms with Crippen LogP contribution in [0, 0.1) is 0 Å². The van der Waals surface area contributed by atoms with Gasteiger partial charge in [0.2, 0.25) is 11.8 Å². The number of hydrogen-bond donors (Lipinski definition) is 1. The minimum absolute atomic E-state index is 0.114. The molecule has 1 N–H and O–H groups in total. The van der Waals surface area contributed by atoms with Crippen molar-refractivity contribution >= 4 is 35.0 Å². The van der Waals surface area contributed by atoms with Gasteiger partial charge in [-0.1, -0.05) is 109 Å². The molecule has 36 heavy (non-hydrogen) atoms. The number of benzene rings is 3. The van der Waals surface area contributed by atoms with Crippen molar-refractivity contribution in [3.63, 3.8) is 0 Å². The number of rotatable bonds is 9. The molecule has 0 bridgehead atoms. The Hall–Kier alpha value is -2.82. The first-order chi connectivity index (χ1) is 17.5. The standard InChI is InChI=1S/C30H32Cl2N2O2/c31-25-17-16-24(27(32)20-25)21-34(29(35)19-23-12-6-2-7-13-23)28(18-22-10-4-1-5-11-22)30(36)33-26-14-8-3-9-15-26/h1-2,4-7,10-13,16-17,20,26,28H,3,8-9,14-15,18-19,21H2,(H,33,36)/t28-/m0/s1. The first-order valence-corrected chi connectivity index (χ1v) is 13.4. The molecule has 4 rings (SSSR count). The fraction of sp³-hybridized carbons (Fsp3) is 0.333. The van der Waals surface area contributed by atoms with Gasteiger partial charge in [0.15, 0.2) is 0 Å². The molecule has 6 heteroatoms. The second-order valence-corrected chi connectivity index (χ2v) is 10.3. The summed E-state index contributed by atoms with van der Waals surface area (Å²) < 4.78 is 0. The largest absolute Gasteiger partial charge is 0.352 e. The van der Waals surface area contributed by atoms with Crippen LogP contribution in [-0.2, 0) is 29.0 Å². The highest BCUT2D eigenvalue weighted by Crippen LogP contribution is 2.25. The van der Waals surface area contributed by atoms with Crippen LogP contribution in [0.1, 0.15) is 48.8 Å². The molecule has 1 saturated carbocycles. The molecule has 1 atom stereocenters. The molecule has 1 aliphatic rings. The van der Waals surface area contributed by atoms with Crippen LogP contribution < -0.4 is 5.32 Å². The molecule has 0 heterocycles. The van der Waals surface area contributed by atoms with Gasteiger partial charge in [0.1, 0.15) is 6.04 Å². The predicted octanol–water partition coefficient (Wildman–Crippen LogP) is 6.62. The van der Waals surface area contributed by atoms with Crippen molar-refractivity contribution in [1.29, 1.82) is 0 Å². The van der Waals surface area contributed by atoms with E-state index in [0.29, 0.717) is 16.5 Å². The molecule has 0 radical (unpaired) electrons. The van der Waals surface area contributed by atoms with E-state index in [9.17, 15) is 9.59 Å². The average molecular weight is 524 g/mol. The van der Waals surface area contributed by atoms with Gasteiger partial charge in [-0.3, -0.25) is 9.59 Å². The van der Waals surface area contributed by atoms with Crippen LogP contribution in [0.15, 0.2) is 78.9 Å². The Kier molecular flexibility index (Phi) is 9.43. The maximum absolute atomic E-state index is 13.8. The predicted molar refractivity (Wildman–Crippen MR) is 146 cm³/mol. The van der Waals surface area contributed by atoms with Gasteiger partial charge >= 0.3 is 0 Å². The summed E-state index contributed by atoms with van der Waals surface area (Å²) in [5.74, 6) is -0.232. The summed E-state index contributed by atoms with van der Waals surface area (Å²) >= 11 is 12.6. The number of hydrogen-bond acceptors (Lipinski definition) is 2. The Morgan fingerprint density at radius 3 is 2.14 bits per heavy atom. The number of carbonyl (C=O) groups excluding carboxylic acids is 2. The van der Waals surface area contributed by atoms with E-state index >= 15 is 0 Å². The summed E-state index contributed by atoms with van der Waals surface area (Å²) in [4.78, 5) is 29.3. The van der Waals surface area contributed by atoms with Crippen LogP contribution in [0.25, 0.3) is 0 Å². The van der Waals surface area contributed by atoms with Crippen molar-refractivity contribution in [3.05, 3.63) is 106 Å². The van der Waals surface area contributed by atoms with Gasteiger partial charge in [0.05, 0.1) is 6.42 Å². The van der Waals surface area contributed by atoms with Crippen LogP contribution in [0.4, 0.5) is 0 Å². The molecule has 3 aromatic carbocycles. The van der Waals surface area contributed by atoms with Crippen molar-refractivity contribution in [2.45, 2.75) is 63.6 Å². The molecule has 1 aliphatic carbocycles. The van der Waals surface area contributed by atoms with Gasteiger partial charge in [0.25, 0.3) is 0 Å². The van der Waals surface area contributed by atoms with Crippen molar-refractivity contribution in [1.82, 2.24) is 10.2 Å². The van der Waals surface area contributed by atoms with E-state index in [4.69, 9.17) is 23.2 Å². The number of nitrogens with zero attached hydrogens (tertiary/aromatic N) is 1. The fourth-order valence-electron chi connectivity index (χ4n) is 4.80. The van der Waals surface area contributed by atoms with Crippen LogP contribution in [0.5, 0.6) is 0 Å². The number of amides is 2. The quantitative estimate of drug-likeness (QED) is 0.343. The Balaban J connectivity index is 1.67. The van der Waals surface area contributed by atoms with Gasteiger partial charge < -0.3 is 10.2 Å². The monoisotopic (exact) mass is 522 g/mol. The first kappa shape index (κ1) is 26.2. The highest BCUT2D eigenvalue weighted by atomic mass is 35.5. The molecule has 0 aromatic heterocycles. The van der Waals surface area contributed by atoms with Crippen LogP contribution >= 0.6 is 23.2 Å². The molecule has 4 nitrogen and oxygen atoms in total. The van der Waals surface area contributed by atoms with E-state index in [2.05, 4.69) is 5.32 Å². The normalized spacial score (nSPS) is 14.7. The smallest absolute Gasteiger partial charge is 0.243 e. The summed E-state index contributed by atoms with van der Waals surface area (Å²) in [6.07, 6.45) is 6.02. The van der Waals surface area contributed by atoms with E-state index < -0.39 is 6.04 Å². The average Bonchev–Trinajstić information content (AvgIpc) is 2.89. The molecular formula is C30H32Cl2N2O2. The molecule has 0 aliphatic heterocycles. The van der Waals surface area contributed by atoms with E-state index in [1.54, 1.807) is 17.0 Å². The van der Waals surface area contributed by atoms with E-state index in [-0.39, 0.29) is 30.8 Å². The highest BCUT2D eigenvalue weighted by Gasteiger charge is 2.32. The van der Waals surface area contributed by atoms with Crippen LogP contribution in [0.3, 0.4) is 0 Å². The minimum atomic E-state index is -0.669. The number of nitrogens with one attached hydrogen (secondary N) is 1. The Morgan fingerprint density at radius 2 is 1.50 bits per heavy atom. The van der Waals surface area contributed by atoms with E-state index in [1.807, 2.05) is 66.7 Å². The third-order valence-electron chi connectivity index (χ3n) is 6.78. The first-order valence-electron chi connectivity index (χ1n) is 12.6. The van der Waals surface area contributed by atoms with Crippen molar-refractivity contribution in [3.8, 4) is 0 Å². The lowest BCUT2D eigenvalue weighted by Crippen LogP contribution is -2.53. The summed E-state index contributed by atoms with van der Waals surface area (Å²) in [5.41, 5.74) is 2.66. The zero-order valence-corrected chi connectivity index (χ0v) is 21.8. The molecule has 0 spiro atoms. The van der Waals surface area contributed by atoms with Crippen molar-refractivity contribution in [2.75, 3.05) is 0 Å². The number of halogens is 2. The van der Waals surface area contributed by atoms with Crippen molar-refractivity contribution < 1.29 is 9.59 Å². The fourth-order valence-corrected chi connectivity index (χ4v) is 5.27. The zero-order chi connectivity index (χ0) is 25.3. The van der Waals surface area contributed by atoms with Gasteiger partial charge in [-0.2, -0.15) is 0 Å². The van der Waals surface area contributed by atoms with Gasteiger partial charge in [-0.15, -0.1) is 0 Å². The molecule has 1 fully saturated rings. The Morgan fingerprint density at radius 1 is 0.861 bits per heavy atom. The highest BCUT2D eigenvalue weighted by molar-refractivity contribution is 6.35. The molecule has 0 unspecified atom stereocenters. The van der Waals surface area contributed by atoms with Gasteiger partial charge in [-0.25, -0.2) is 0 Å². The lowest BCUT2D eigenvalue weighted by atomic mass is 9.94. The summed E-state index contributed by atoms with van der Waals surface area (Å²) in [6.45, 7) is 0.220. The van der Waals surface area contributed by atoms with Crippen molar-refractivity contribution in [2.24, 2.45) is 0 Å². The minimum Gasteiger partial charge on any atom is -0.352 e. The zero-order valence-electron chi connectivity index (χ0n) is 20.3. The summed E-state index contributed by atoms with van der Waals surface area (Å²) in [6, 6.07) is 24.2.